The number of sulfonamides is 2. The van der Waals surface area contributed by atoms with Gasteiger partial charge in [-0.1, -0.05) is 19.6 Å². The van der Waals surface area contributed by atoms with Gasteiger partial charge in [0.2, 0.25) is 0 Å². The Morgan fingerprint density at radius 1 is 0.733 bits per heavy atom. The van der Waals surface area contributed by atoms with Crippen LogP contribution in [-0.4, -0.2) is 78.9 Å². The minimum absolute atomic E-state index is 0.0665. The predicted molar refractivity (Wildman–Crippen MR) is 128 cm³/mol. The molecule has 264 valence electrons. The zero-order valence-corrected chi connectivity index (χ0v) is 24.3. The van der Waals surface area contributed by atoms with Crippen LogP contribution >= 0.6 is 0 Å². The first-order chi connectivity index (χ1) is 20.0. The molecule has 0 saturated heterocycles. The fraction of sp³-hybridized carbons (Fsp3) is 0.714. The highest BCUT2D eigenvalue weighted by atomic mass is 32.2. The summed E-state index contributed by atoms with van der Waals surface area (Å²) in [5, 5.41) is 0. The highest BCUT2D eigenvalue weighted by molar-refractivity contribution is 7.90. The lowest BCUT2D eigenvalue weighted by Crippen LogP contribution is -2.39. The van der Waals surface area contributed by atoms with Crippen LogP contribution in [0.3, 0.4) is 0 Å². The third kappa shape index (κ3) is 13.7. The summed E-state index contributed by atoms with van der Waals surface area (Å²) in [6, 6.07) is 0. The van der Waals surface area contributed by atoms with E-state index < -0.39 is 79.7 Å². The van der Waals surface area contributed by atoms with E-state index >= 15 is 0 Å². The molecule has 2 bridgehead atoms. The average molecular weight is 727 g/mol. The Kier molecular flexibility index (Phi) is 14.9. The highest BCUT2D eigenvalue weighted by Gasteiger charge is 2.48. The number of hydrogen-bond acceptors (Lipinski definition) is 8. The van der Waals surface area contributed by atoms with Crippen LogP contribution in [0.25, 0.3) is 0 Å². The third-order valence-electron chi connectivity index (χ3n) is 6.02. The van der Waals surface area contributed by atoms with Crippen molar-refractivity contribution in [2.24, 2.45) is 17.8 Å². The standard InChI is InChI=1S/C9H14F3NO2S.C7H7F6NO4S.C5H5F3O2/c10-9(11,12)16(14,15)13-5-8-4-6-1-2-7(8)3-6;1-4(6(8,9)10)5(15)18-3-2-14-19(16,17)7(11,12)13;1-3(4(9)10-2)5(6,7)8/h6-8,13H,1-5H2;14H,1-3H2;1H2,2H3. The number of nitrogens with one attached hydrogen (secondary N) is 2. The van der Waals surface area contributed by atoms with Crippen molar-refractivity contribution in [1.29, 1.82) is 0 Å². The Labute approximate surface area is 248 Å². The Hall–Kier alpha value is -2.60. The zero-order chi connectivity index (χ0) is 35.8. The number of hydrogen-bond donors (Lipinski definition) is 2. The topological polar surface area (TPSA) is 145 Å². The fourth-order valence-electron chi connectivity index (χ4n) is 3.77. The van der Waals surface area contributed by atoms with Crippen LogP contribution in [0, 0.1) is 17.8 Å². The van der Waals surface area contributed by atoms with Crippen molar-refractivity contribution >= 4 is 32.0 Å². The van der Waals surface area contributed by atoms with E-state index in [0.29, 0.717) is 11.8 Å². The van der Waals surface area contributed by atoms with Crippen LogP contribution in [-0.2, 0) is 39.1 Å². The maximum Gasteiger partial charge on any atom is 0.511 e. The fourth-order valence-corrected chi connectivity index (χ4v) is 4.88. The second-order valence-corrected chi connectivity index (χ2v) is 12.7. The number of alkyl halides is 12. The van der Waals surface area contributed by atoms with E-state index in [2.05, 4.69) is 22.6 Å². The molecule has 0 heterocycles. The molecule has 2 saturated carbocycles. The van der Waals surface area contributed by atoms with Gasteiger partial charge in [-0.3, -0.25) is 0 Å². The van der Waals surface area contributed by atoms with Gasteiger partial charge in [-0.05, 0) is 37.0 Å². The van der Waals surface area contributed by atoms with Gasteiger partial charge in [-0.15, -0.1) is 0 Å². The number of halogens is 12. The predicted octanol–water partition coefficient (Wildman–Crippen LogP) is 4.23. The normalized spacial score (nSPS) is 20.2. The van der Waals surface area contributed by atoms with Crippen LogP contribution in [0.1, 0.15) is 25.7 Å². The summed E-state index contributed by atoms with van der Waals surface area (Å²) in [7, 11) is -9.92. The lowest BCUT2D eigenvalue weighted by Gasteiger charge is -2.22. The van der Waals surface area contributed by atoms with Crippen molar-refractivity contribution in [3.05, 3.63) is 24.3 Å². The Morgan fingerprint density at radius 2 is 1.18 bits per heavy atom. The molecule has 0 aromatic heterocycles. The molecule has 2 N–H and O–H groups in total. The van der Waals surface area contributed by atoms with Gasteiger partial charge in [-0.2, -0.15) is 52.7 Å². The zero-order valence-electron chi connectivity index (χ0n) is 22.7. The largest absolute Gasteiger partial charge is 0.511 e. The smallest absolute Gasteiger partial charge is 0.465 e. The number of rotatable bonds is 9. The molecule has 2 aliphatic rings. The van der Waals surface area contributed by atoms with Gasteiger partial charge in [0.25, 0.3) is 0 Å². The lowest BCUT2D eigenvalue weighted by molar-refractivity contribution is -0.151. The van der Waals surface area contributed by atoms with Crippen molar-refractivity contribution < 1.29 is 88.6 Å². The molecule has 3 unspecified atom stereocenters. The molecule has 45 heavy (non-hydrogen) atoms. The van der Waals surface area contributed by atoms with E-state index in [0.717, 1.165) is 37.5 Å². The monoisotopic (exact) mass is 726 g/mol. The van der Waals surface area contributed by atoms with Gasteiger partial charge < -0.3 is 9.47 Å². The molecule has 0 aliphatic heterocycles. The molecule has 0 radical (unpaired) electrons. The molecule has 2 aliphatic carbocycles. The summed E-state index contributed by atoms with van der Waals surface area (Å²) >= 11 is 0. The van der Waals surface area contributed by atoms with Gasteiger partial charge in [0.15, 0.2) is 0 Å². The van der Waals surface area contributed by atoms with Crippen LogP contribution < -0.4 is 9.44 Å². The van der Waals surface area contributed by atoms with E-state index in [9.17, 15) is 79.1 Å². The maximum absolute atomic E-state index is 12.0. The number of carbonyl (C=O) groups excluding carboxylic acids is 2. The maximum atomic E-state index is 12.0. The number of esters is 2. The van der Waals surface area contributed by atoms with Crippen LogP contribution in [0.4, 0.5) is 52.7 Å². The summed E-state index contributed by atoms with van der Waals surface area (Å²) in [5.41, 5.74) is -14.1. The summed E-state index contributed by atoms with van der Waals surface area (Å²) in [6.07, 6.45) is -5.63. The van der Waals surface area contributed by atoms with Gasteiger partial charge in [0.1, 0.15) is 17.8 Å². The SMILES string of the molecule is C=C(C(=O)OC)C(F)(F)F.C=C(C(=O)OCCNS(=O)(=O)C(F)(F)F)C(F)(F)F.O=S(=O)(NCC1CC2CCC1C2)C(F)(F)F. The third-order valence-corrected chi connectivity index (χ3v) is 8.37. The van der Waals surface area contributed by atoms with Gasteiger partial charge >= 0.3 is 55.4 Å². The van der Waals surface area contributed by atoms with Gasteiger partial charge in [0, 0.05) is 13.1 Å². The summed E-state index contributed by atoms with van der Waals surface area (Å²) in [5.74, 6) is -2.24. The highest BCUT2D eigenvalue weighted by Crippen LogP contribution is 2.48. The van der Waals surface area contributed by atoms with Crippen LogP contribution in [0.5, 0.6) is 0 Å². The molecule has 0 aromatic rings. The quantitative estimate of drug-likeness (QED) is 0.156. The number of fused-ring (bicyclic) bond motifs is 2. The molecule has 2 fully saturated rings. The van der Waals surface area contributed by atoms with E-state index in [4.69, 9.17) is 0 Å². The summed E-state index contributed by atoms with van der Waals surface area (Å²) < 4.78 is 194. The average Bonchev–Trinajstić information content (AvgIpc) is 3.50. The summed E-state index contributed by atoms with van der Waals surface area (Å²) in [4.78, 5) is 20.8. The van der Waals surface area contributed by atoms with E-state index in [-0.39, 0.29) is 12.5 Å². The lowest BCUT2D eigenvalue weighted by atomic mass is 9.89. The van der Waals surface area contributed by atoms with E-state index in [1.807, 2.05) is 0 Å². The molecule has 0 amide bonds. The van der Waals surface area contributed by atoms with Crippen LogP contribution in [0.2, 0.25) is 0 Å². The number of methoxy groups -OCH3 is 1. The number of carbonyl (C=O) groups is 2. The van der Waals surface area contributed by atoms with Crippen molar-refractivity contribution in [1.82, 2.24) is 9.44 Å². The molecular weight excluding hydrogens is 700 g/mol. The van der Waals surface area contributed by atoms with Gasteiger partial charge in [-0.25, -0.2) is 35.9 Å². The van der Waals surface area contributed by atoms with Crippen molar-refractivity contribution in [3.63, 3.8) is 0 Å². The van der Waals surface area contributed by atoms with Gasteiger partial charge in [0.05, 0.1) is 7.11 Å². The number of ether oxygens (including phenoxy) is 2. The van der Waals surface area contributed by atoms with Crippen molar-refractivity contribution in [2.75, 3.05) is 26.8 Å². The first kappa shape index (κ1) is 42.4. The Balaban J connectivity index is 0.000000676. The minimum atomic E-state index is -5.63. The van der Waals surface area contributed by atoms with Crippen molar-refractivity contribution in [2.45, 2.75) is 49.1 Å². The molecular formula is C21H26F12N2O8S2. The summed E-state index contributed by atoms with van der Waals surface area (Å²) in [6.45, 7) is 2.77. The molecule has 24 heteroatoms. The first-order valence-corrected chi connectivity index (χ1v) is 14.8. The van der Waals surface area contributed by atoms with E-state index in [1.54, 1.807) is 4.72 Å². The molecule has 0 spiro atoms. The second-order valence-electron chi connectivity index (χ2n) is 9.16. The Morgan fingerprint density at radius 3 is 1.51 bits per heavy atom. The molecule has 10 nitrogen and oxygen atoms in total. The van der Waals surface area contributed by atoms with E-state index in [1.165, 1.54) is 0 Å². The Bertz CT molecular complexity index is 1270. The van der Waals surface area contributed by atoms with Crippen molar-refractivity contribution in [3.8, 4) is 0 Å². The molecule has 2 rings (SSSR count). The second kappa shape index (κ2) is 15.8. The first-order valence-electron chi connectivity index (χ1n) is 11.9. The van der Waals surface area contributed by atoms with Crippen LogP contribution in [0.15, 0.2) is 24.3 Å². The minimum Gasteiger partial charge on any atom is -0.465 e. The molecule has 0 aromatic carbocycles. The molecule has 3 atom stereocenters.